The van der Waals surface area contributed by atoms with Crippen LogP contribution in [0.2, 0.25) is 0 Å². The first kappa shape index (κ1) is 82.7. The Balaban J connectivity index is 4.06. The topological polar surface area (TPSA) is 111 Å². The van der Waals surface area contributed by atoms with Crippen molar-refractivity contribution in [1.29, 1.82) is 0 Å². The summed E-state index contributed by atoms with van der Waals surface area (Å²) in [5, 5.41) is 0. The summed E-state index contributed by atoms with van der Waals surface area (Å²) in [6.07, 6.45) is 93.1. The number of carbonyl (C=O) groups excluding carboxylic acids is 2. The van der Waals surface area contributed by atoms with E-state index in [-0.39, 0.29) is 32.0 Å². The molecular formula is C76H134NO8P. The third-order valence-corrected chi connectivity index (χ3v) is 16.2. The van der Waals surface area contributed by atoms with Gasteiger partial charge in [-0.05, 0) is 103 Å². The second-order valence-corrected chi connectivity index (χ2v) is 26.3. The minimum Gasteiger partial charge on any atom is -0.756 e. The van der Waals surface area contributed by atoms with Crippen LogP contribution in [0.1, 0.15) is 309 Å². The van der Waals surface area contributed by atoms with E-state index in [1.54, 1.807) is 0 Å². The van der Waals surface area contributed by atoms with Gasteiger partial charge in [-0.3, -0.25) is 14.2 Å². The van der Waals surface area contributed by atoms with E-state index in [4.69, 9.17) is 18.5 Å². The predicted octanol–water partition coefficient (Wildman–Crippen LogP) is 22.6. The van der Waals surface area contributed by atoms with Crippen LogP contribution in [0.3, 0.4) is 0 Å². The number of likely N-dealkylation sites (N-methyl/N-ethyl adjacent to an activating group) is 1. The molecule has 0 aliphatic rings. The molecule has 0 aliphatic heterocycles. The number of phosphoric ester groups is 1. The number of nitrogens with zero attached hydrogens (tertiary/aromatic N) is 1. The number of unbranched alkanes of at least 4 members (excludes halogenated alkanes) is 33. The number of ether oxygens (including phenoxy) is 2. The molecule has 2 atom stereocenters. The highest BCUT2D eigenvalue weighted by molar-refractivity contribution is 7.45. The molecule has 0 aromatic rings. The normalized spacial score (nSPS) is 13.8. The number of hydrogen-bond donors (Lipinski definition) is 0. The van der Waals surface area contributed by atoms with Crippen molar-refractivity contribution in [3.8, 4) is 0 Å². The van der Waals surface area contributed by atoms with Crippen LogP contribution < -0.4 is 4.89 Å². The Bertz CT molecular complexity index is 1820. The molecule has 0 spiro atoms. The summed E-state index contributed by atoms with van der Waals surface area (Å²) >= 11 is 0. The fourth-order valence-electron chi connectivity index (χ4n) is 9.85. The van der Waals surface area contributed by atoms with Gasteiger partial charge in [-0.2, -0.15) is 0 Å². The van der Waals surface area contributed by atoms with Gasteiger partial charge in [-0.15, -0.1) is 0 Å². The zero-order chi connectivity index (χ0) is 62.6. The van der Waals surface area contributed by atoms with Crippen molar-refractivity contribution >= 4 is 19.8 Å². The van der Waals surface area contributed by atoms with Gasteiger partial charge in [0.05, 0.1) is 27.7 Å². The molecule has 0 fully saturated rings. The summed E-state index contributed by atoms with van der Waals surface area (Å²) in [5.74, 6) is -0.829. The minimum absolute atomic E-state index is 0.0341. The van der Waals surface area contributed by atoms with Crippen LogP contribution in [0.15, 0.2) is 109 Å². The summed E-state index contributed by atoms with van der Waals surface area (Å²) in [4.78, 5) is 38.1. The second kappa shape index (κ2) is 66.1. The molecule has 0 aromatic carbocycles. The van der Waals surface area contributed by atoms with Gasteiger partial charge in [-0.25, -0.2) is 0 Å². The van der Waals surface area contributed by atoms with Crippen LogP contribution in [-0.4, -0.2) is 70.0 Å². The fourth-order valence-corrected chi connectivity index (χ4v) is 10.6. The first-order valence-electron chi connectivity index (χ1n) is 35.6. The van der Waals surface area contributed by atoms with Gasteiger partial charge in [-0.1, -0.05) is 303 Å². The van der Waals surface area contributed by atoms with Crippen LogP contribution in [0, 0.1) is 0 Å². The molecule has 0 bridgehead atoms. The van der Waals surface area contributed by atoms with E-state index < -0.39 is 26.5 Å². The number of rotatable bonds is 65. The average Bonchev–Trinajstić information content (AvgIpc) is 3.67. The molecule has 0 saturated carbocycles. The van der Waals surface area contributed by atoms with Crippen molar-refractivity contribution in [2.75, 3.05) is 47.5 Å². The van der Waals surface area contributed by atoms with E-state index in [1.165, 1.54) is 186 Å². The van der Waals surface area contributed by atoms with Gasteiger partial charge in [0.15, 0.2) is 6.10 Å². The van der Waals surface area contributed by atoms with Gasteiger partial charge in [0, 0.05) is 12.8 Å². The highest BCUT2D eigenvalue weighted by Crippen LogP contribution is 2.38. The van der Waals surface area contributed by atoms with Crippen molar-refractivity contribution in [3.63, 3.8) is 0 Å². The standard InChI is InChI=1S/C76H134NO8P/c1-6-8-10-12-14-16-18-20-22-24-26-28-30-32-33-34-35-36-37-38-39-40-41-42-43-45-47-49-51-53-55-57-59-61-63-65-67-69-76(79)85-74(73-84-86(80,81)83-71-70-77(3,4)5)72-82-75(78)68-66-64-62-60-58-56-54-52-50-48-46-44-31-29-27-25-23-21-19-17-15-13-11-9-7-2/h8,10,14,16,20,22,25-28,32-33,35-36,38-39,41-42,74H,6-7,9,11-13,15,17-19,21,23-24,29-31,34,37,40,43-73H2,1-5H3/b10-8-,16-14-,22-20-,27-25-,28-26-,33-32-,36-35-,39-38-,42-41-. The van der Waals surface area contributed by atoms with Crippen molar-refractivity contribution in [2.24, 2.45) is 0 Å². The van der Waals surface area contributed by atoms with Gasteiger partial charge < -0.3 is 27.9 Å². The van der Waals surface area contributed by atoms with E-state index in [9.17, 15) is 19.0 Å². The smallest absolute Gasteiger partial charge is 0.306 e. The number of esters is 2. The Labute approximate surface area is 531 Å². The Morgan fingerprint density at radius 2 is 0.663 bits per heavy atom. The molecule has 0 aliphatic carbocycles. The highest BCUT2D eigenvalue weighted by Gasteiger charge is 2.22. The van der Waals surface area contributed by atoms with Crippen LogP contribution >= 0.6 is 7.82 Å². The molecule has 0 amide bonds. The summed E-state index contributed by atoms with van der Waals surface area (Å²) in [5.41, 5.74) is 0. The molecule has 0 N–H and O–H groups in total. The maximum absolute atomic E-state index is 12.9. The molecule has 0 rings (SSSR count). The summed E-state index contributed by atoms with van der Waals surface area (Å²) in [7, 11) is 1.16. The zero-order valence-electron chi connectivity index (χ0n) is 56.5. The maximum atomic E-state index is 12.9. The number of allylic oxidation sites excluding steroid dienone is 18. The highest BCUT2D eigenvalue weighted by atomic mass is 31.2. The SMILES string of the molecule is CC/C=C\C/C=C\C/C=C\C/C=C\C/C=C\C/C=C\C/C=C\C/C=C\CCCCCCCCCCCCCCC(=O)OC(COC(=O)CCCCCCCCCCCCCCC/C=C\CCCCCCCCCC)COP(=O)([O-])OCC[N+](C)(C)C. The number of carbonyl (C=O) groups is 2. The van der Waals surface area contributed by atoms with Crippen LogP contribution in [0.25, 0.3) is 0 Å². The van der Waals surface area contributed by atoms with Crippen LogP contribution in [-0.2, 0) is 32.7 Å². The second-order valence-electron chi connectivity index (χ2n) is 24.9. The van der Waals surface area contributed by atoms with E-state index in [1.807, 2.05) is 21.1 Å². The van der Waals surface area contributed by atoms with Gasteiger partial charge in [0.25, 0.3) is 7.82 Å². The van der Waals surface area contributed by atoms with Crippen LogP contribution in [0.4, 0.5) is 0 Å². The van der Waals surface area contributed by atoms with Gasteiger partial charge in [0.2, 0.25) is 0 Å². The number of quaternary nitrogens is 1. The number of phosphoric acid groups is 1. The Morgan fingerprint density at radius 3 is 1.00 bits per heavy atom. The van der Waals surface area contributed by atoms with E-state index >= 15 is 0 Å². The van der Waals surface area contributed by atoms with Crippen molar-refractivity contribution in [2.45, 2.75) is 315 Å². The zero-order valence-corrected chi connectivity index (χ0v) is 57.4. The lowest BCUT2D eigenvalue weighted by atomic mass is 10.0. The summed E-state index contributed by atoms with van der Waals surface area (Å²) in [6.45, 7) is 4.15. The molecular weight excluding hydrogens is 1090 g/mol. The average molecular weight is 1220 g/mol. The van der Waals surface area contributed by atoms with Crippen molar-refractivity contribution in [1.82, 2.24) is 0 Å². The molecule has 0 radical (unpaired) electrons. The molecule has 2 unspecified atom stereocenters. The summed E-state index contributed by atoms with van der Waals surface area (Å²) in [6, 6.07) is 0. The molecule has 0 heterocycles. The van der Waals surface area contributed by atoms with E-state index in [2.05, 4.69) is 123 Å². The van der Waals surface area contributed by atoms with E-state index in [0.29, 0.717) is 17.4 Å². The molecule has 86 heavy (non-hydrogen) atoms. The molecule has 0 saturated heterocycles. The monoisotopic (exact) mass is 1220 g/mol. The lowest BCUT2D eigenvalue weighted by Crippen LogP contribution is -2.37. The third-order valence-electron chi connectivity index (χ3n) is 15.3. The Morgan fingerprint density at radius 1 is 0.372 bits per heavy atom. The lowest BCUT2D eigenvalue weighted by molar-refractivity contribution is -0.870. The third kappa shape index (κ3) is 69.8. The maximum Gasteiger partial charge on any atom is 0.306 e. The Kier molecular flexibility index (Phi) is 63.5. The first-order valence-corrected chi connectivity index (χ1v) is 37.1. The van der Waals surface area contributed by atoms with E-state index in [0.717, 1.165) is 89.9 Å². The molecule has 10 heteroatoms. The molecule has 496 valence electrons. The fraction of sp³-hybridized carbons (Fsp3) is 0.737. The molecule has 0 aromatic heterocycles. The Hall–Kier alpha value is -3.33. The van der Waals surface area contributed by atoms with Gasteiger partial charge in [0.1, 0.15) is 19.8 Å². The van der Waals surface area contributed by atoms with Gasteiger partial charge >= 0.3 is 11.9 Å². The lowest BCUT2D eigenvalue weighted by Gasteiger charge is -2.28. The number of hydrogen-bond acceptors (Lipinski definition) is 8. The quantitative estimate of drug-likeness (QED) is 0.0195. The first-order chi connectivity index (χ1) is 42.0. The van der Waals surface area contributed by atoms with Crippen LogP contribution in [0.5, 0.6) is 0 Å². The predicted molar refractivity (Wildman–Crippen MR) is 369 cm³/mol. The van der Waals surface area contributed by atoms with Crippen molar-refractivity contribution in [3.05, 3.63) is 109 Å². The minimum atomic E-state index is -4.65. The molecule has 9 nitrogen and oxygen atoms in total. The van der Waals surface area contributed by atoms with Crippen molar-refractivity contribution < 1.29 is 42.1 Å². The largest absolute Gasteiger partial charge is 0.756 e. The summed E-state index contributed by atoms with van der Waals surface area (Å²) < 4.78 is 34.3.